The number of nitrogens with zero attached hydrogens (tertiary/aromatic N) is 1. The number of non-ortho nitro benzene ring substituents is 1. The zero-order valence-corrected chi connectivity index (χ0v) is 11.1. The average molecular weight is 310 g/mol. The monoisotopic (exact) mass is 309 g/mol. The quantitative estimate of drug-likeness (QED) is 0.493. The number of benzene rings is 1. The van der Waals surface area contributed by atoms with Crippen LogP contribution in [0.3, 0.4) is 0 Å². The molecule has 0 saturated carbocycles. The maximum Gasteiger partial charge on any atom is 0.341 e. The summed E-state index contributed by atoms with van der Waals surface area (Å²) in [5, 5.41) is 19.1. The van der Waals surface area contributed by atoms with Crippen LogP contribution in [-0.4, -0.2) is 31.0 Å². The van der Waals surface area contributed by atoms with Crippen molar-refractivity contribution in [2.24, 2.45) is 0 Å². The minimum atomic E-state index is -4.31. The molecule has 0 saturated heterocycles. The van der Waals surface area contributed by atoms with Gasteiger partial charge in [0.2, 0.25) is 0 Å². The highest BCUT2D eigenvalue weighted by Gasteiger charge is 2.24. The predicted octanol–water partition coefficient (Wildman–Crippen LogP) is 1.29. The van der Waals surface area contributed by atoms with Crippen LogP contribution in [0.4, 0.5) is 5.69 Å². The Morgan fingerprint density at radius 1 is 1.53 bits per heavy atom. The lowest BCUT2D eigenvalue weighted by molar-refractivity contribution is -0.385. The molecule has 0 fully saturated rings. The third kappa shape index (κ3) is 3.80. The molecule has 1 rings (SSSR count). The summed E-state index contributed by atoms with van der Waals surface area (Å²) in [6, 6.07) is 1.77. The number of carboxylic acids is 1. The Bertz CT molecular complexity index is 640. The van der Waals surface area contributed by atoms with Gasteiger partial charge in [0.15, 0.2) is 6.61 Å². The summed E-state index contributed by atoms with van der Waals surface area (Å²) in [6.07, 6.45) is 0. The van der Waals surface area contributed by atoms with Gasteiger partial charge in [-0.2, -0.15) is 0 Å². The van der Waals surface area contributed by atoms with Crippen LogP contribution in [0, 0.1) is 17.0 Å². The highest BCUT2D eigenvalue weighted by atomic mass is 35.7. The van der Waals surface area contributed by atoms with Crippen molar-refractivity contribution >= 4 is 31.4 Å². The number of nitro benzene ring substituents is 1. The van der Waals surface area contributed by atoms with E-state index < -0.39 is 37.1 Å². The van der Waals surface area contributed by atoms with Crippen molar-refractivity contribution in [3.63, 3.8) is 0 Å². The smallest absolute Gasteiger partial charge is 0.341 e. The summed E-state index contributed by atoms with van der Waals surface area (Å²) >= 11 is 0. The van der Waals surface area contributed by atoms with Crippen LogP contribution in [0.25, 0.3) is 0 Å². The van der Waals surface area contributed by atoms with E-state index in [1.165, 1.54) is 6.92 Å². The number of carboxylic acid groups (broad SMARTS) is 1. The van der Waals surface area contributed by atoms with Crippen LogP contribution in [0.2, 0.25) is 0 Å². The normalized spacial score (nSPS) is 11.1. The summed E-state index contributed by atoms with van der Waals surface area (Å²) in [5.41, 5.74) is -0.394. The van der Waals surface area contributed by atoms with Crippen molar-refractivity contribution in [1.82, 2.24) is 0 Å². The molecule has 0 unspecified atom stereocenters. The van der Waals surface area contributed by atoms with E-state index in [9.17, 15) is 23.3 Å². The van der Waals surface area contributed by atoms with Gasteiger partial charge in [-0.1, -0.05) is 0 Å². The number of carbonyl (C=O) groups is 1. The molecule has 0 heterocycles. The number of hydrogen-bond acceptors (Lipinski definition) is 6. The Hall–Kier alpha value is -1.87. The molecule has 0 aliphatic carbocycles. The molecule has 0 bridgehead atoms. The van der Waals surface area contributed by atoms with Gasteiger partial charge in [-0.05, 0) is 12.5 Å². The Morgan fingerprint density at radius 3 is 2.53 bits per heavy atom. The molecule has 0 radical (unpaired) electrons. The van der Waals surface area contributed by atoms with Crippen LogP contribution in [-0.2, 0) is 13.8 Å². The number of rotatable bonds is 5. The first kappa shape index (κ1) is 15.2. The van der Waals surface area contributed by atoms with Gasteiger partial charge in [0, 0.05) is 22.8 Å². The molecule has 8 nitrogen and oxygen atoms in total. The highest BCUT2D eigenvalue weighted by Crippen LogP contribution is 2.34. The molecule has 0 aliphatic heterocycles. The maximum absolute atomic E-state index is 11.3. The second-order valence-electron chi connectivity index (χ2n) is 3.47. The topological polar surface area (TPSA) is 124 Å². The second-order valence-corrected chi connectivity index (χ2v) is 6.00. The summed E-state index contributed by atoms with van der Waals surface area (Å²) < 4.78 is 27.5. The van der Waals surface area contributed by atoms with E-state index in [2.05, 4.69) is 0 Å². The van der Waals surface area contributed by atoms with Gasteiger partial charge in [-0.15, -0.1) is 0 Å². The van der Waals surface area contributed by atoms with Gasteiger partial charge in [0.25, 0.3) is 14.7 Å². The molecule has 10 heteroatoms. The second kappa shape index (κ2) is 5.41. The van der Waals surface area contributed by atoms with Crippen molar-refractivity contribution in [2.75, 3.05) is 6.61 Å². The first-order chi connectivity index (χ1) is 8.62. The van der Waals surface area contributed by atoms with Crippen molar-refractivity contribution in [3.05, 3.63) is 27.8 Å². The molecule has 0 aliphatic rings. The summed E-state index contributed by atoms with van der Waals surface area (Å²) in [5.74, 6) is -1.64. The van der Waals surface area contributed by atoms with Gasteiger partial charge in [-0.25, -0.2) is 13.2 Å². The molecule has 19 heavy (non-hydrogen) atoms. The van der Waals surface area contributed by atoms with E-state index in [4.69, 9.17) is 20.5 Å². The maximum atomic E-state index is 11.3. The van der Waals surface area contributed by atoms with E-state index >= 15 is 0 Å². The number of nitro groups is 1. The molecule has 104 valence electrons. The van der Waals surface area contributed by atoms with E-state index in [1.807, 2.05) is 0 Å². The lowest BCUT2D eigenvalue weighted by Gasteiger charge is -2.10. The zero-order chi connectivity index (χ0) is 14.8. The molecule has 1 N–H and O–H groups in total. The SMILES string of the molecule is Cc1cc([N+](=O)[O-])cc(S(=O)(=O)Cl)c1OCC(=O)O. The highest BCUT2D eigenvalue weighted by molar-refractivity contribution is 8.13. The predicted molar refractivity (Wildman–Crippen MR) is 64.0 cm³/mol. The molecule has 0 amide bonds. The van der Waals surface area contributed by atoms with E-state index in [0.717, 1.165) is 6.07 Å². The van der Waals surface area contributed by atoms with E-state index in [1.54, 1.807) is 0 Å². The molecular formula is C9H8ClNO7S. The summed E-state index contributed by atoms with van der Waals surface area (Å²) in [7, 11) is 0.840. The van der Waals surface area contributed by atoms with Crippen LogP contribution < -0.4 is 4.74 Å². The zero-order valence-electron chi connectivity index (χ0n) is 9.49. The van der Waals surface area contributed by atoms with Crippen molar-refractivity contribution in [1.29, 1.82) is 0 Å². The Labute approximate surface area is 112 Å². The van der Waals surface area contributed by atoms with Crippen molar-refractivity contribution < 1.29 is 28.0 Å². The molecule has 1 aromatic carbocycles. The molecular weight excluding hydrogens is 302 g/mol. The van der Waals surface area contributed by atoms with Gasteiger partial charge in [0.1, 0.15) is 10.6 Å². The Balaban J connectivity index is 3.44. The average Bonchev–Trinajstić information content (AvgIpc) is 2.24. The largest absolute Gasteiger partial charge is 0.480 e. The minimum absolute atomic E-state index is 0.0923. The number of halogens is 1. The summed E-state index contributed by atoms with van der Waals surface area (Å²) in [6.45, 7) is 0.549. The molecule has 0 spiro atoms. The summed E-state index contributed by atoms with van der Waals surface area (Å²) in [4.78, 5) is 19.6. The lowest BCUT2D eigenvalue weighted by Crippen LogP contribution is -2.12. The number of hydrogen-bond donors (Lipinski definition) is 1. The fraction of sp³-hybridized carbons (Fsp3) is 0.222. The first-order valence-corrected chi connectivity index (χ1v) is 7.02. The number of aryl methyl sites for hydroxylation is 1. The van der Waals surface area contributed by atoms with Gasteiger partial charge in [-0.3, -0.25) is 10.1 Å². The molecule has 0 aromatic heterocycles. The Kier molecular flexibility index (Phi) is 4.32. The first-order valence-electron chi connectivity index (χ1n) is 4.71. The van der Waals surface area contributed by atoms with Gasteiger partial charge >= 0.3 is 5.97 Å². The minimum Gasteiger partial charge on any atom is -0.480 e. The lowest BCUT2D eigenvalue weighted by atomic mass is 10.2. The van der Waals surface area contributed by atoms with Crippen LogP contribution in [0.5, 0.6) is 5.75 Å². The van der Waals surface area contributed by atoms with Crippen molar-refractivity contribution in [2.45, 2.75) is 11.8 Å². The van der Waals surface area contributed by atoms with Gasteiger partial charge < -0.3 is 9.84 Å². The number of aliphatic carboxylic acids is 1. The third-order valence-electron chi connectivity index (χ3n) is 2.04. The standard InChI is InChI=1S/C9H8ClNO7S/c1-5-2-6(11(14)15)3-7(19(10,16)17)9(5)18-4-8(12)13/h2-3H,4H2,1H3,(H,12,13). The van der Waals surface area contributed by atoms with Crippen LogP contribution in [0.1, 0.15) is 5.56 Å². The van der Waals surface area contributed by atoms with Crippen molar-refractivity contribution in [3.8, 4) is 5.75 Å². The Morgan fingerprint density at radius 2 is 2.11 bits per heavy atom. The fourth-order valence-corrected chi connectivity index (χ4v) is 2.38. The molecule has 1 aromatic rings. The van der Waals surface area contributed by atoms with E-state index in [0.29, 0.717) is 6.07 Å². The van der Waals surface area contributed by atoms with E-state index in [-0.39, 0.29) is 11.3 Å². The molecule has 0 atom stereocenters. The fourth-order valence-electron chi connectivity index (χ4n) is 1.33. The van der Waals surface area contributed by atoms with Gasteiger partial charge in [0.05, 0.1) is 4.92 Å². The number of ether oxygens (including phenoxy) is 1. The van der Waals surface area contributed by atoms with Crippen LogP contribution >= 0.6 is 10.7 Å². The van der Waals surface area contributed by atoms with Crippen LogP contribution in [0.15, 0.2) is 17.0 Å². The third-order valence-corrected chi connectivity index (χ3v) is 3.37.